The van der Waals surface area contributed by atoms with Crippen LogP contribution in [0.5, 0.6) is 5.75 Å². The number of aromatic nitrogens is 1. The molecule has 0 radical (unpaired) electrons. The predicted octanol–water partition coefficient (Wildman–Crippen LogP) is 11.9. The van der Waals surface area contributed by atoms with E-state index in [1.807, 2.05) is 49.4 Å². The van der Waals surface area contributed by atoms with E-state index in [1.165, 1.54) is 47.6 Å². The summed E-state index contributed by atoms with van der Waals surface area (Å²) < 4.78 is 12.0. The van der Waals surface area contributed by atoms with Gasteiger partial charge < -0.3 is 14.4 Å². The molecule has 2 aromatic carbocycles. The van der Waals surface area contributed by atoms with Crippen LogP contribution >= 0.6 is 22.7 Å². The van der Waals surface area contributed by atoms with Crippen LogP contribution in [0.15, 0.2) is 75.1 Å². The SMILES string of the molecule is CCCN(CCC)c1ccc(N=Nc2nc3sc(N=Nc4ccc(OCCCCCCCCCOC(=O)CC)cc4)cc3s2)cc1. The molecule has 0 bridgehead atoms. The summed E-state index contributed by atoms with van der Waals surface area (Å²) in [6.07, 6.45) is 10.5. The average molecular weight is 663 g/mol. The fourth-order valence-electron chi connectivity index (χ4n) is 4.83. The summed E-state index contributed by atoms with van der Waals surface area (Å²) in [6, 6.07) is 17.9. The monoisotopic (exact) mass is 662 g/mol. The second-order valence-electron chi connectivity index (χ2n) is 11.0. The first-order valence-electron chi connectivity index (χ1n) is 16.5. The molecule has 0 saturated carbocycles. The number of azo groups is 2. The van der Waals surface area contributed by atoms with Crippen molar-refractivity contribution in [2.45, 2.75) is 85.0 Å². The molecule has 11 heteroatoms. The summed E-state index contributed by atoms with van der Waals surface area (Å²) in [5.41, 5.74) is 2.81. The first-order chi connectivity index (χ1) is 22.6. The second kappa shape index (κ2) is 19.7. The molecule has 0 aliphatic heterocycles. The molecular formula is C35H46N6O3S2. The Balaban J connectivity index is 1.15. The third kappa shape index (κ3) is 11.9. The highest BCUT2D eigenvalue weighted by Gasteiger charge is 2.09. The summed E-state index contributed by atoms with van der Waals surface area (Å²) in [5, 5.41) is 19.0. The van der Waals surface area contributed by atoms with Gasteiger partial charge in [-0.3, -0.25) is 4.79 Å². The van der Waals surface area contributed by atoms with Gasteiger partial charge in [0.25, 0.3) is 0 Å². The van der Waals surface area contributed by atoms with Crippen LogP contribution in [0.3, 0.4) is 0 Å². The van der Waals surface area contributed by atoms with Crippen LogP contribution in [0.1, 0.15) is 85.0 Å². The summed E-state index contributed by atoms with van der Waals surface area (Å²) in [4.78, 5) is 19.0. The molecule has 0 saturated heterocycles. The maximum atomic E-state index is 11.1. The molecule has 0 amide bonds. The Kier molecular flexibility index (Phi) is 15.1. The van der Waals surface area contributed by atoms with Crippen molar-refractivity contribution < 1.29 is 14.3 Å². The Morgan fingerprint density at radius 1 is 0.739 bits per heavy atom. The summed E-state index contributed by atoms with van der Waals surface area (Å²) in [7, 11) is 0. The molecule has 246 valence electrons. The zero-order valence-electron chi connectivity index (χ0n) is 27.3. The standard InChI is InChI=1S/C35H46N6O3S2/c1-4-22-41(23-5-2)29-18-14-27(15-19-29)38-40-35-36-34-31(45-35)26-32(46-34)39-37-28-16-20-30(21-17-28)43-24-12-10-8-7-9-11-13-25-44-33(42)6-3/h14-21,26H,4-13,22-25H2,1-3H3. The van der Waals surface area contributed by atoms with Crippen molar-refractivity contribution in [3.63, 3.8) is 0 Å². The van der Waals surface area contributed by atoms with Gasteiger partial charge in [0.2, 0.25) is 5.13 Å². The van der Waals surface area contributed by atoms with Crippen LogP contribution < -0.4 is 9.64 Å². The van der Waals surface area contributed by atoms with Crippen LogP contribution in [0, 0.1) is 0 Å². The van der Waals surface area contributed by atoms with Crippen LogP contribution in [-0.4, -0.2) is 37.3 Å². The van der Waals surface area contributed by atoms with E-state index in [0.29, 0.717) is 24.8 Å². The minimum atomic E-state index is -0.108. The van der Waals surface area contributed by atoms with Crippen LogP contribution in [0.2, 0.25) is 0 Å². The van der Waals surface area contributed by atoms with Crippen molar-refractivity contribution in [3.05, 3.63) is 54.6 Å². The number of hydrogen-bond donors (Lipinski definition) is 0. The Hall–Kier alpha value is -3.70. The molecule has 0 N–H and O–H groups in total. The van der Waals surface area contributed by atoms with E-state index in [4.69, 9.17) is 9.47 Å². The number of carbonyl (C=O) groups excluding carboxylic acids is 1. The highest BCUT2D eigenvalue weighted by molar-refractivity contribution is 7.30. The van der Waals surface area contributed by atoms with Gasteiger partial charge in [-0.2, -0.15) is 0 Å². The van der Waals surface area contributed by atoms with E-state index < -0.39 is 0 Å². The van der Waals surface area contributed by atoms with Gasteiger partial charge in [0, 0.05) is 25.2 Å². The van der Waals surface area contributed by atoms with Gasteiger partial charge in [0.05, 0.1) is 29.3 Å². The lowest BCUT2D eigenvalue weighted by Crippen LogP contribution is -2.24. The molecule has 4 rings (SSSR count). The van der Waals surface area contributed by atoms with Crippen molar-refractivity contribution in [2.24, 2.45) is 20.5 Å². The topological polar surface area (TPSA) is 101 Å². The number of benzene rings is 2. The van der Waals surface area contributed by atoms with Crippen molar-refractivity contribution in [1.82, 2.24) is 4.98 Å². The van der Waals surface area contributed by atoms with E-state index in [-0.39, 0.29) is 5.97 Å². The first-order valence-corrected chi connectivity index (χ1v) is 18.2. The van der Waals surface area contributed by atoms with Crippen molar-refractivity contribution in [1.29, 1.82) is 0 Å². The molecule has 0 aliphatic carbocycles. The molecule has 2 heterocycles. The lowest BCUT2D eigenvalue weighted by Gasteiger charge is -2.23. The van der Waals surface area contributed by atoms with Gasteiger partial charge in [0.1, 0.15) is 15.6 Å². The number of nitrogens with zero attached hydrogens (tertiary/aromatic N) is 6. The smallest absolute Gasteiger partial charge is 0.305 e. The molecule has 0 spiro atoms. The van der Waals surface area contributed by atoms with Gasteiger partial charge in [-0.1, -0.05) is 75.5 Å². The Morgan fingerprint density at radius 3 is 1.98 bits per heavy atom. The Morgan fingerprint density at radius 2 is 1.35 bits per heavy atom. The van der Waals surface area contributed by atoms with Gasteiger partial charge in [-0.05, 0) is 80.3 Å². The minimum Gasteiger partial charge on any atom is -0.494 e. The molecule has 46 heavy (non-hydrogen) atoms. The van der Waals surface area contributed by atoms with Crippen LogP contribution in [0.25, 0.3) is 9.53 Å². The van der Waals surface area contributed by atoms with Gasteiger partial charge in [-0.15, -0.1) is 20.5 Å². The van der Waals surface area contributed by atoms with E-state index in [0.717, 1.165) is 83.3 Å². The zero-order chi connectivity index (χ0) is 32.4. The van der Waals surface area contributed by atoms with Crippen LogP contribution in [0.4, 0.5) is 27.2 Å². The second-order valence-corrected chi connectivity index (χ2v) is 13.1. The number of ether oxygens (including phenoxy) is 2. The fraction of sp³-hybridized carbons (Fsp3) is 0.486. The molecule has 0 fully saturated rings. The molecular weight excluding hydrogens is 617 g/mol. The van der Waals surface area contributed by atoms with Crippen molar-refractivity contribution >= 4 is 65.4 Å². The number of hydrogen-bond acceptors (Lipinski definition) is 11. The highest BCUT2D eigenvalue weighted by atomic mass is 32.1. The van der Waals surface area contributed by atoms with E-state index in [2.05, 4.69) is 56.3 Å². The largest absolute Gasteiger partial charge is 0.494 e. The number of thiazole rings is 1. The van der Waals surface area contributed by atoms with Crippen molar-refractivity contribution in [2.75, 3.05) is 31.2 Å². The molecule has 2 aromatic heterocycles. The molecule has 0 aliphatic rings. The number of thiophene rings is 1. The Bertz CT molecular complexity index is 1480. The van der Waals surface area contributed by atoms with E-state index in [9.17, 15) is 4.79 Å². The first kappa shape index (κ1) is 35.2. The molecule has 9 nitrogen and oxygen atoms in total. The molecule has 0 unspecified atom stereocenters. The maximum Gasteiger partial charge on any atom is 0.305 e. The maximum absolute atomic E-state index is 11.1. The fourth-order valence-corrected chi connectivity index (χ4v) is 6.68. The average Bonchev–Trinajstić information content (AvgIpc) is 3.64. The third-order valence-corrected chi connectivity index (χ3v) is 9.16. The number of fused-ring (bicyclic) bond motifs is 1. The minimum absolute atomic E-state index is 0.108. The zero-order valence-corrected chi connectivity index (χ0v) is 29.0. The number of rotatable bonds is 21. The normalized spacial score (nSPS) is 11.6. The Labute approximate surface area is 280 Å². The summed E-state index contributed by atoms with van der Waals surface area (Å²) >= 11 is 2.99. The van der Waals surface area contributed by atoms with Crippen LogP contribution in [-0.2, 0) is 9.53 Å². The van der Waals surface area contributed by atoms with Gasteiger partial charge >= 0.3 is 5.97 Å². The van der Waals surface area contributed by atoms with E-state index in [1.54, 1.807) is 0 Å². The summed E-state index contributed by atoms with van der Waals surface area (Å²) in [6.45, 7) is 9.60. The predicted molar refractivity (Wildman–Crippen MR) is 191 cm³/mol. The quantitative estimate of drug-likeness (QED) is 0.0502. The highest BCUT2D eigenvalue weighted by Crippen LogP contribution is 2.39. The van der Waals surface area contributed by atoms with E-state index >= 15 is 0 Å². The lowest BCUT2D eigenvalue weighted by atomic mass is 10.1. The number of carbonyl (C=O) groups is 1. The third-order valence-electron chi connectivity index (χ3n) is 7.23. The summed E-state index contributed by atoms with van der Waals surface area (Å²) in [5.74, 6) is 0.734. The number of esters is 1. The van der Waals surface area contributed by atoms with Gasteiger partial charge in [-0.25, -0.2) is 4.98 Å². The molecule has 4 aromatic rings. The number of unbranched alkanes of at least 4 members (excludes halogenated alkanes) is 6. The lowest BCUT2D eigenvalue weighted by molar-refractivity contribution is -0.143. The van der Waals surface area contributed by atoms with Gasteiger partial charge in [0.15, 0.2) is 0 Å². The van der Waals surface area contributed by atoms with Crippen molar-refractivity contribution in [3.8, 4) is 5.75 Å². The molecule has 0 atom stereocenters. The number of anilines is 1.